The van der Waals surface area contributed by atoms with Crippen LogP contribution in [-0.2, 0) is 11.2 Å². The second kappa shape index (κ2) is 8.57. The highest BCUT2D eigenvalue weighted by Crippen LogP contribution is 2.20. The number of carbonyl (C=O) groups excluding carboxylic acids is 2. The Labute approximate surface area is 149 Å². The van der Waals surface area contributed by atoms with Crippen molar-refractivity contribution in [3.63, 3.8) is 0 Å². The van der Waals surface area contributed by atoms with Gasteiger partial charge in [0.15, 0.2) is 6.61 Å². The third-order valence-corrected chi connectivity index (χ3v) is 3.72. The Morgan fingerprint density at radius 2 is 1.88 bits per heavy atom. The molecule has 0 atom stereocenters. The molecule has 2 aromatic carbocycles. The van der Waals surface area contributed by atoms with E-state index in [2.05, 4.69) is 10.9 Å². The summed E-state index contributed by atoms with van der Waals surface area (Å²) in [5.74, 6) is -0.440. The second-order valence-corrected chi connectivity index (χ2v) is 5.76. The van der Waals surface area contributed by atoms with Crippen LogP contribution >= 0.6 is 23.2 Å². The molecule has 0 heterocycles. The highest BCUT2D eigenvalue weighted by Gasteiger charge is 2.12. The summed E-state index contributed by atoms with van der Waals surface area (Å²) in [6.45, 7) is 1.81. The van der Waals surface area contributed by atoms with Crippen LogP contribution in [0.3, 0.4) is 0 Å². The fraction of sp³-hybridized carbons (Fsp3) is 0.176. The van der Waals surface area contributed by atoms with Gasteiger partial charge in [-0.15, -0.1) is 0 Å². The molecule has 0 fully saturated rings. The molecule has 7 heteroatoms. The number of halogens is 2. The Hall–Kier alpha value is -2.24. The molecule has 0 saturated carbocycles. The summed E-state index contributed by atoms with van der Waals surface area (Å²) in [5.41, 5.74) is 5.85. The molecule has 0 radical (unpaired) electrons. The van der Waals surface area contributed by atoms with Gasteiger partial charge in [0.25, 0.3) is 11.8 Å². The summed E-state index contributed by atoms with van der Waals surface area (Å²) in [6.07, 6.45) is 0.876. The summed E-state index contributed by atoms with van der Waals surface area (Å²) < 4.78 is 5.38. The zero-order chi connectivity index (χ0) is 17.5. The van der Waals surface area contributed by atoms with Crippen molar-refractivity contribution in [1.29, 1.82) is 0 Å². The first-order valence-corrected chi connectivity index (χ1v) is 8.01. The standard InChI is InChI=1S/C17H16Cl2N2O3/c1-2-11-4-3-5-13(8-11)24-10-16(22)20-21-17(23)14-7-6-12(18)9-15(14)19/h3-9H,2,10H2,1H3,(H,20,22)(H,21,23). The minimum Gasteiger partial charge on any atom is -0.484 e. The Bertz CT molecular complexity index is 750. The Morgan fingerprint density at radius 3 is 2.58 bits per heavy atom. The summed E-state index contributed by atoms with van der Waals surface area (Å²) in [5, 5.41) is 0.616. The van der Waals surface area contributed by atoms with Crippen molar-refractivity contribution >= 4 is 35.0 Å². The second-order valence-electron chi connectivity index (χ2n) is 4.92. The van der Waals surface area contributed by atoms with Crippen LogP contribution in [0.2, 0.25) is 10.0 Å². The lowest BCUT2D eigenvalue weighted by Crippen LogP contribution is -2.43. The van der Waals surface area contributed by atoms with Crippen LogP contribution in [0.25, 0.3) is 0 Å². The average molecular weight is 367 g/mol. The summed E-state index contributed by atoms with van der Waals surface area (Å²) >= 11 is 11.7. The van der Waals surface area contributed by atoms with Crippen molar-refractivity contribution in [2.75, 3.05) is 6.61 Å². The lowest BCUT2D eigenvalue weighted by atomic mass is 10.2. The number of hydrogen-bond acceptors (Lipinski definition) is 3. The minimum absolute atomic E-state index is 0.196. The predicted octanol–water partition coefficient (Wildman–Crippen LogP) is 3.40. The molecule has 24 heavy (non-hydrogen) atoms. The highest BCUT2D eigenvalue weighted by atomic mass is 35.5. The van der Waals surface area contributed by atoms with Gasteiger partial charge in [-0.1, -0.05) is 42.3 Å². The number of hydrazine groups is 1. The molecule has 126 valence electrons. The lowest BCUT2D eigenvalue weighted by molar-refractivity contribution is -0.123. The van der Waals surface area contributed by atoms with E-state index in [1.54, 1.807) is 6.07 Å². The van der Waals surface area contributed by atoms with Gasteiger partial charge in [0, 0.05) is 5.02 Å². The van der Waals surface area contributed by atoms with E-state index in [0.29, 0.717) is 10.8 Å². The largest absolute Gasteiger partial charge is 0.484 e. The summed E-state index contributed by atoms with van der Waals surface area (Å²) in [4.78, 5) is 23.7. The fourth-order valence-corrected chi connectivity index (χ4v) is 2.40. The molecule has 0 aromatic heterocycles. The normalized spacial score (nSPS) is 10.1. The van der Waals surface area contributed by atoms with Crippen LogP contribution in [0.4, 0.5) is 0 Å². The van der Waals surface area contributed by atoms with Crippen molar-refractivity contribution in [1.82, 2.24) is 10.9 Å². The summed E-state index contributed by atoms with van der Waals surface area (Å²) in [6, 6.07) is 11.9. The Morgan fingerprint density at radius 1 is 1.08 bits per heavy atom. The summed E-state index contributed by atoms with van der Waals surface area (Å²) in [7, 11) is 0. The molecular formula is C17H16Cl2N2O3. The van der Waals surface area contributed by atoms with E-state index in [0.717, 1.165) is 12.0 Å². The SMILES string of the molecule is CCc1cccc(OCC(=O)NNC(=O)c2ccc(Cl)cc2Cl)c1. The molecule has 0 unspecified atom stereocenters. The van der Waals surface area contributed by atoms with Crippen LogP contribution in [0.15, 0.2) is 42.5 Å². The lowest BCUT2D eigenvalue weighted by Gasteiger charge is -2.10. The number of ether oxygens (including phenoxy) is 1. The number of benzene rings is 2. The number of aryl methyl sites for hydroxylation is 1. The number of nitrogens with one attached hydrogen (secondary N) is 2. The van der Waals surface area contributed by atoms with E-state index in [1.165, 1.54) is 18.2 Å². The van der Waals surface area contributed by atoms with Gasteiger partial charge < -0.3 is 4.74 Å². The average Bonchev–Trinajstić information content (AvgIpc) is 2.58. The van der Waals surface area contributed by atoms with Gasteiger partial charge >= 0.3 is 0 Å². The fourth-order valence-electron chi connectivity index (χ4n) is 1.91. The van der Waals surface area contributed by atoms with Gasteiger partial charge in [-0.3, -0.25) is 20.4 Å². The van der Waals surface area contributed by atoms with Crippen LogP contribution in [0.1, 0.15) is 22.8 Å². The monoisotopic (exact) mass is 366 g/mol. The zero-order valence-corrected chi connectivity index (χ0v) is 14.4. The van der Waals surface area contributed by atoms with E-state index in [9.17, 15) is 9.59 Å². The number of rotatable bonds is 5. The maximum absolute atomic E-state index is 11.9. The van der Waals surface area contributed by atoms with Crippen molar-refractivity contribution in [3.05, 3.63) is 63.6 Å². The molecule has 0 bridgehead atoms. The van der Waals surface area contributed by atoms with Crippen molar-refractivity contribution in [2.45, 2.75) is 13.3 Å². The molecule has 5 nitrogen and oxygen atoms in total. The van der Waals surface area contributed by atoms with Crippen LogP contribution in [0, 0.1) is 0 Å². The maximum atomic E-state index is 11.9. The van der Waals surface area contributed by atoms with E-state index in [4.69, 9.17) is 27.9 Å². The van der Waals surface area contributed by atoms with Crippen LogP contribution in [0.5, 0.6) is 5.75 Å². The van der Waals surface area contributed by atoms with Gasteiger partial charge in [0.1, 0.15) is 5.75 Å². The molecule has 2 N–H and O–H groups in total. The van der Waals surface area contributed by atoms with E-state index < -0.39 is 11.8 Å². The number of hydrogen-bond donors (Lipinski definition) is 2. The van der Waals surface area contributed by atoms with Crippen LogP contribution in [-0.4, -0.2) is 18.4 Å². The topological polar surface area (TPSA) is 67.4 Å². The van der Waals surface area contributed by atoms with Crippen molar-refractivity contribution in [2.24, 2.45) is 0 Å². The number of carbonyl (C=O) groups is 2. The first-order valence-electron chi connectivity index (χ1n) is 7.25. The van der Waals surface area contributed by atoms with Gasteiger partial charge in [0.2, 0.25) is 0 Å². The smallest absolute Gasteiger partial charge is 0.276 e. The predicted molar refractivity (Wildman–Crippen MR) is 93.4 cm³/mol. The minimum atomic E-state index is -0.544. The molecule has 0 saturated heterocycles. The van der Waals surface area contributed by atoms with Crippen molar-refractivity contribution < 1.29 is 14.3 Å². The van der Waals surface area contributed by atoms with Gasteiger partial charge in [-0.05, 0) is 42.3 Å². The Balaban J connectivity index is 1.83. The quantitative estimate of drug-likeness (QED) is 0.796. The third kappa shape index (κ3) is 5.15. The molecular weight excluding hydrogens is 351 g/mol. The van der Waals surface area contributed by atoms with E-state index >= 15 is 0 Å². The van der Waals surface area contributed by atoms with Gasteiger partial charge in [0.05, 0.1) is 10.6 Å². The van der Waals surface area contributed by atoms with Gasteiger partial charge in [-0.25, -0.2) is 0 Å². The van der Waals surface area contributed by atoms with E-state index in [1.807, 2.05) is 25.1 Å². The molecule has 0 aliphatic rings. The first kappa shape index (κ1) is 18.1. The van der Waals surface area contributed by atoms with E-state index in [-0.39, 0.29) is 17.2 Å². The Kier molecular flexibility index (Phi) is 6.46. The molecule has 0 aliphatic heterocycles. The molecule has 2 amide bonds. The van der Waals surface area contributed by atoms with Gasteiger partial charge in [-0.2, -0.15) is 0 Å². The van der Waals surface area contributed by atoms with Crippen LogP contribution < -0.4 is 15.6 Å². The molecule has 0 spiro atoms. The molecule has 2 aromatic rings. The molecule has 0 aliphatic carbocycles. The number of amides is 2. The maximum Gasteiger partial charge on any atom is 0.276 e. The third-order valence-electron chi connectivity index (χ3n) is 3.17. The zero-order valence-electron chi connectivity index (χ0n) is 12.9. The highest BCUT2D eigenvalue weighted by molar-refractivity contribution is 6.36. The molecule has 2 rings (SSSR count). The van der Waals surface area contributed by atoms with Crippen molar-refractivity contribution in [3.8, 4) is 5.75 Å². The first-order chi connectivity index (χ1) is 11.5.